The summed E-state index contributed by atoms with van der Waals surface area (Å²) in [4.78, 5) is 3.87. The summed E-state index contributed by atoms with van der Waals surface area (Å²) in [6.45, 7) is -2.95. The molecule has 4 nitrogen and oxygen atoms in total. The summed E-state index contributed by atoms with van der Waals surface area (Å²) < 4.78 is 29.2. The first kappa shape index (κ1) is 12.8. The van der Waals surface area contributed by atoms with Crippen LogP contribution in [0.1, 0.15) is 5.56 Å². The van der Waals surface area contributed by atoms with Gasteiger partial charge >= 0.3 is 6.61 Å². The zero-order valence-corrected chi connectivity index (χ0v) is 9.68. The summed E-state index contributed by atoms with van der Waals surface area (Å²) in [7, 11) is 0. The Kier molecular flexibility index (Phi) is 3.57. The van der Waals surface area contributed by atoms with E-state index in [1.807, 2.05) is 6.07 Å². The minimum absolute atomic E-state index is 0.0475. The molecule has 0 spiro atoms. The molecule has 0 saturated heterocycles. The van der Waals surface area contributed by atoms with Crippen LogP contribution in [0.4, 0.5) is 14.6 Å². The van der Waals surface area contributed by atoms with Gasteiger partial charge in [-0.2, -0.15) is 14.0 Å². The monoisotopic (exact) mass is 261 g/mol. The molecule has 0 fully saturated rings. The van der Waals surface area contributed by atoms with Crippen molar-refractivity contribution >= 4 is 5.82 Å². The van der Waals surface area contributed by atoms with E-state index in [1.165, 1.54) is 18.3 Å². The van der Waals surface area contributed by atoms with Crippen LogP contribution in [0.2, 0.25) is 0 Å². The first-order valence-electron chi connectivity index (χ1n) is 5.32. The number of anilines is 1. The zero-order chi connectivity index (χ0) is 13.8. The van der Waals surface area contributed by atoms with Crippen LogP contribution in [0, 0.1) is 11.3 Å². The summed E-state index contributed by atoms with van der Waals surface area (Å²) >= 11 is 0. The molecule has 2 aromatic rings. The quantitative estimate of drug-likeness (QED) is 0.922. The van der Waals surface area contributed by atoms with E-state index in [1.54, 1.807) is 18.2 Å². The minimum atomic E-state index is -2.95. The highest BCUT2D eigenvalue weighted by molar-refractivity contribution is 5.83. The topological polar surface area (TPSA) is 71.9 Å². The summed E-state index contributed by atoms with van der Waals surface area (Å²) in [6, 6.07) is 9.54. The molecule has 0 bridgehead atoms. The van der Waals surface area contributed by atoms with E-state index in [0.717, 1.165) is 0 Å². The fourth-order valence-corrected chi connectivity index (χ4v) is 1.73. The largest absolute Gasteiger partial charge is 0.434 e. The van der Waals surface area contributed by atoms with E-state index in [-0.39, 0.29) is 17.1 Å². The van der Waals surface area contributed by atoms with Crippen LogP contribution < -0.4 is 10.5 Å². The van der Waals surface area contributed by atoms with Crippen LogP contribution in [-0.4, -0.2) is 11.6 Å². The third kappa shape index (κ3) is 2.60. The molecule has 2 rings (SSSR count). The number of nitrogens with two attached hydrogens (primary N) is 1. The van der Waals surface area contributed by atoms with Crippen LogP contribution in [-0.2, 0) is 0 Å². The molecule has 1 aromatic heterocycles. The number of hydrogen-bond acceptors (Lipinski definition) is 4. The maximum Gasteiger partial charge on any atom is 0.387 e. The molecule has 1 heterocycles. The van der Waals surface area contributed by atoms with Crippen LogP contribution in [0.3, 0.4) is 0 Å². The molecule has 0 atom stereocenters. The lowest BCUT2D eigenvalue weighted by Gasteiger charge is -2.12. The van der Waals surface area contributed by atoms with Gasteiger partial charge in [0.05, 0.1) is 11.6 Å². The third-order valence-electron chi connectivity index (χ3n) is 2.47. The maximum absolute atomic E-state index is 12.4. The number of para-hydroxylation sites is 1. The number of nitriles is 1. The number of ether oxygens (including phenoxy) is 1. The molecule has 96 valence electrons. The van der Waals surface area contributed by atoms with Crippen molar-refractivity contribution in [2.45, 2.75) is 6.61 Å². The van der Waals surface area contributed by atoms with Crippen LogP contribution in [0.5, 0.6) is 5.75 Å². The minimum Gasteiger partial charge on any atom is -0.434 e. The van der Waals surface area contributed by atoms with Crippen molar-refractivity contribution in [3.63, 3.8) is 0 Å². The number of aromatic nitrogens is 1. The molecule has 19 heavy (non-hydrogen) atoms. The van der Waals surface area contributed by atoms with Gasteiger partial charge in [0.2, 0.25) is 0 Å². The maximum atomic E-state index is 12.4. The van der Waals surface area contributed by atoms with Gasteiger partial charge in [-0.3, -0.25) is 0 Å². The van der Waals surface area contributed by atoms with E-state index >= 15 is 0 Å². The highest BCUT2D eigenvalue weighted by Crippen LogP contribution is 2.35. The van der Waals surface area contributed by atoms with Crippen molar-refractivity contribution in [1.82, 2.24) is 4.98 Å². The molecule has 0 aliphatic carbocycles. The summed E-state index contributed by atoms with van der Waals surface area (Å²) in [6.07, 6.45) is 1.38. The summed E-state index contributed by atoms with van der Waals surface area (Å²) in [5.41, 5.74) is 6.57. The fourth-order valence-electron chi connectivity index (χ4n) is 1.73. The fraction of sp³-hybridized carbons (Fsp3) is 0.0769. The van der Waals surface area contributed by atoms with E-state index in [9.17, 15) is 8.78 Å². The number of pyridine rings is 1. The molecule has 1 aromatic carbocycles. The van der Waals surface area contributed by atoms with Gasteiger partial charge in [0.15, 0.2) is 0 Å². The second-order valence-electron chi connectivity index (χ2n) is 3.61. The molecule has 2 N–H and O–H groups in total. The van der Waals surface area contributed by atoms with E-state index < -0.39 is 6.61 Å². The summed E-state index contributed by atoms with van der Waals surface area (Å²) in [5, 5.41) is 9.05. The Labute approximate surface area is 108 Å². The molecular weight excluding hydrogens is 252 g/mol. The van der Waals surface area contributed by atoms with Crippen molar-refractivity contribution in [3.8, 4) is 22.9 Å². The smallest absolute Gasteiger partial charge is 0.387 e. The molecule has 0 saturated carbocycles. The first-order valence-corrected chi connectivity index (χ1v) is 5.32. The zero-order valence-electron chi connectivity index (χ0n) is 9.68. The molecular formula is C13H9F2N3O. The predicted octanol–water partition coefficient (Wildman–Crippen LogP) is 2.80. The number of hydrogen-bond donors (Lipinski definition) is 1. The van der Waals surface area contributed by atoms with Gasteiger partial charge in [-0.05, 0) is 12.1 Å². The Morgan fingerprint density at radius 2 is 2.00 bits per heavy atom. The molecule has 0 unspecified atom stereocenters. The molecule has 0 amide bonds. The van der Waals surface area contributed by atoms with Crippen LogP contribution >= 0.6 is 0 Å². The number of benzene rings is 1. The van der Waals surface area contributed by atoms with E-state index in [0.29, 0.717) is 11.1 Å². The Balaban J connectivity index is 2.63. The van der Waals surface area contributed by atoms with Crippen molar-refractivity contribution in [1.29, 1.82) is 5.26 Å². The second kappa shape index (κ2) is 5.31. The van der Waals surface area contributed by atoms with Crippen molar-refractivity contribution in [2.24, 2.45) is 0 Å². The van der Waals surface area contributed by atoms with Crippen LogP contribution in [0.25, 0.3) is 11.1 Å². The first-order chi connectivity index (χ1) is 9.13. The highest BCUT2D eigenvalue weighted by Gasteiger charge is 2.16. The Bertz CT molecular complexity index is 638. The number of nitrogens with zero attached hydrogens (tertiary/aromatic N) is 2. The van der Waals surface area contributed by atoms with Gasteiger partial charge in [-0.25, -0.2) is 4.98 Å². The number of halogens is 2. The van der Waals surface area contributed by atoms with Gasteiger partial charge in [-0.15, -0.1) is 0 Å². The van der Waals surface area contributed by atoms with Gasteiger partial charge < -0.3 is 10.5 Å². The normalized spacial score (nSPS) is 10.2. The third-order valence-corrected chi connectivity index (χ3v) is 2.47. The lowest BCUT2D eigenvalue weighted by atomic mass is 10.0. The molecule has 0 aliphatic heterocycles. The van der Waals surface area contributed by atoms with E-state index in [4.69, 9.17) is 11.0 Å². The number of rotatable bonds is 3. The SMILES string of the molecule is N#Cc1ccnc(N)c1-c1ccccc1OC(F)F. The Hall–Kier alpha value is -2.68. The second-order valence-corrected chi connectivity index (χ2v) is 3.61. The van der Waals surface area contributed by atoms with Gasteiger partial charge in [-0.1, -0.05) is 18.2 Å². The van der Waals surface area contributed by atoms with Crippen molar-refractivity contribution in [3.05, 3.63) is 42.1 Å². The van der Waals surface area contributed by atoms with Gasteiger partial charge in [0.1, 0.15) is 11.6 Å². The Morgan fingerprint density at radius 1 is 1.26 bits per heavy atom. The highest BCUT2D eigenvalue weighted by atomic mass is 19.3. The average molecular weight is 261 g/mol. The van der Waals surface area contributed by atoms with Crippen molar-refractivity contribution in [2.75, 3.05) is 5.73 Å². The lowest BCUT2D eigenvalue weighted by molar-refractivity contribution is -0.0494. The van der Waals surface area contributed by atoms with Crippen molar-refractivity contribution < 1.29 is 13.5 Å². The number of alkyl halides is 2. The number of nitrogen functional groups attached to an aromatic ring is 1. The van der Waals surface area contributed by atoms with Crippen LogP contribution in [0.15, 0.2) is 36.5 Å². The van der Waals surface area contributed by atoms with Gasteiger partial charge in [0, 0.05) is 17.3 Å². The van der Waals surface area contributed by atoms with E-state index in [2.05, 4.69) is 9.72 Å². The molecule has 0 aliphatic rings. The molecule has 6 heteroatoms. The lowest BCUT2D eigenvalue weighted by Crippen LogP contribution is -2.04. The Morgan fingerprint density at radius 3 is 2.68 bits per heavy atom. The standard InChI is InChI=1S/C13H9F2N3O/c14-13(15)19-10-4-2-1-3-9(10)11-8(7-16)5-6-18-12(11)17/h1-6,13H,(H2,17,18). The van der Waals surface area contributed by atoms with Gasteiger partial charge in [0.25, 0.3) is 0 Å². The summed E-state index contributed by atoms with van der Waals surface area (Å²) in [5.74, 6) is 0.0399. The molecule has 0 radical (unpaired) electrons. The average Bonchev–Trinajstić information content (AvgIpc) is 2.39. The predicted molar refractivity (Wildman–Crippen MR) is 65.4 cm³/mol.